The fourth-order valence-electron chi connectivity index (χ4n) is 6.90. The van der Waals surface area contributed by atoms with Crippen LogP contribution in [0.3, 0.4) is 0 Å². The molecule has 0 spiro atoms. The zero-order valence-corrected chi connectivity index (χ0v) is 35.1. The van der Waals surface area contributed by atoms with Crippen molar-refractivity contribution in [3.05, 3.63) is 0 Å². The van der Waals surface area contributed by atoms with Crippen molar-refractivity contribution in [1.29, 1.82) is 0 Å². The fraction of sp³-hybridized carbons (Fsp3) is 0.932. The summed E-state index contributed by atoms with van der Waals surface area (Å²) in [7, 11) is 1.89. The van der Waals surface area contributed by atoms with Gasteiger partial charge in [-0.05, 0) is 45.1 Å². The van der Waals surface area contributed by atoms with Gasteiger partial charge in [0.1, 0.15) is 0 Å². The van der Waals surface area contributed by atoms with Crippen LogP contribution in [-0.4, -0.2) is 85.8 Å². The highest BCUT2D eigenvalue weighted by Crippen LogP contribution is 2.22. The molecule has 0 aliphatic carbocycles. The van der Waals surface area contributed by atoms with E-state index in [2.05, 4.69) is 27.7 Å². The van der Waals surface area contributed by atoms with Crippen molar-refractivity contribution in [2.24, 2.45) is 11.8 Å². The second-order valence-corrected chi connectivity index (χ2v) is 15.5. The lowest BCUT2D eigenvalue weighted by Gasteiger charge is -2.24. The third kappa shape index (κ3) is 30.8. The summed E-state index contributed by atoms with van der Waals surface area (Å²) < 4.78 is 11.6. The minimum atomic E-state index is -0.247. The van der Waals surface area contributed by atoms with Crippen LogP contribution in [0.15, 0.2) is 0 Å². The van der Waals surface area contributed by atoms with E-state index >= 15 is 0 Å². The zero-order valence-electron chi connectivity index (χ0n) is 35.1. The molecule has 0 aromatic rings. The fourth-order valence-corrected chi connectivity index (χ4v) is 6.90. The standard InChI is InChI=1S/C44H86N2O6/c1-6-10-14-18-20-23-28-40(27-22-16-12-8-3)39-52-43(49)32-35-46(42(48)31-34-45(5)36-37-47)33-26-38-51-44(50)41(29-24-17-13-9-4)30-25-21-19-15-11-7-2/h40-41,47H,6-39H2,1-5H3. The first-order valence-corrected chi connectivity index (χ1v) is 22.2. The highest BCUT2D eigenvalue weighted by molar-refractivity contribution is 5.77. The number of hydrogen-bond donors (Lipinski definition) is 1. The molecule has 0 saturated carbocycles. The number of unbranched alkanes of at least 4 members (excludes halogenated alkanes) is 16. The van der Waals surface area contributed by atoms with Crippen LogP contribution >= 0.6 is 0 Å². The largest absolute Gasteiger partial charge is 0.465 e. The van der Waals surface area contributed by atoms with Crippen molar-refractivity contribution in [1.82, 2.24) is 9.80 Å². The number of amides is 1. The molecule has 1 N–H and O–H groups in total. The molecule has 308 valence electrons. The number of carbonyl (C=O) groups is 3. The van der Waals surface area contributed by atoms with Gasteiger partial charge in [0.15, 0.2) is 0 Å². The molecule has 52 heavy (non-hydrogen) atoms. The van der Waals surface area contributed by atoms with E-state index in [-0.39, 0.29) is 43.4 Å². The molecular weight excluding hydrogens is 652 g/mol. The summed E-state index contributed by atoms with van der Waals surface area (Å²) in [5.74, 6) is -0.0177. The van der Waals surface area contributed by atoms with Gasteiger partial charge in [-0.3, -0.25) is 14.4 Å². The second-order valence-electron chi connectivity index (χ2n) is 15.5. The van der Waals surface area contributed by atoms with E-state index in [1.165, 1.54) is 109 Å². The molecule has 0 radical (unpaired) electrons. The maximum absolute atomic E-state index is 13.3. The Labute approximate surface area is 321 Å². The van der Waals surface area contributed by atoms with Gasteiger partial charge in [-0.15, -0.1) is 0 Å². The van der Waals surface area contributed by atoms with Crippen LogP contribution in [0.25, 0.3) is 0 Å². The number of ether oxygens (including phenoxy) is 2. The van der Waals surface area contributed by atoms with E-state index < -0.39 is 0 Å². The lowest BCUT2D eigenvalue weighted by molar-refractivity contribution is -0.149. The molecule has 2 unspecified atom stereocenters. The smallest absolute Gasteiger partial charge is 0.308 e. The number of carbonyl (C=O) groups excluding carboxylic acids is 3. The molecule has 0 rings (SSSR count). The number of aliphatic hydroxyl groups is 1. The molecule has 1 amide bonds. The molecule has 0 aromatic heterocycles. The number of rotatable bonds is 39. The van der Waals surface area contributed by atoms with Crippen molar-refractivity contribution < 1.29 is 29.0 Å². The Morgan fingerprint density at radius 2 is 1.02 bits per heavy atom. The van der Waals surface area contributed by atoms with Crippen LogP contribution in [-0.2, 0) is 23.9 Å². The molecule has 8 nitrogen and oxygen atoms in total. The zero-order chi connectivity index (χ0) is 38.5. The van der Waals surface area contributed by atoms with Gasteiger partial charge in [-0.1, -0.05) is 156 Å². The number of nitrogens with zero attached hydrogens (tertiary/aromatic N) is 2. The van der Waals surface area contributed by atoms with Gasteiger partial charge < -0.3 is 24.4 Å². The normalized spacial score (nSPS) is 12.6. The predicted octanol–water partition coefficient (Wildman–Crippen LogP) is 10.7. The summed E-state index contributed by atoms with van der Waals surface area (Å²) in [4.78, 5) is 43.1. The molecule has 0 fully saturated rings. The van der Waals surface area contributed by atoms with E-state index in [9.17, 15) is 19.5 Å². The van der Waals surface area contributed by atoms with Crippen LogP contribution in [0.1, 0.15) is 201 Å². The molecule has 0 aromatic carbocycles. The molecule has 2 atom stereocenters. The van der Waals surface area contributed by atoms with Crippen molar-refractivity contribution >= 4 is 17.8 Å². The monoisotopic (exact) mass is 739 g/mol. The van der Waals surface area contributed by atoms with E-state index in [1.807, 2.05) is 11.9 Å². The Kier molecular flexibility index (Phi) is 36.4. The molecule has 0 heterocycles. The Morgan fingerprint density at radius 1 is 0.538 bits per heavy atom. The van der Waals surface area contributed by atoms with Crippen LogP contribution < -0.4 is 0 Å². The highest BCUT2D eigenvalue weighted by atomic mass is 16.5. The lowest BCUT2D eigenvalue weighted by Crippen LogP contribution is -2.37. The van der Waals surface area contributed by atoms with Gasteiger partial charge in [0.25, 0.3) is 0 Å². The molecule has 0 bridgehead atoms. The van der Waals surface area contributed by atoms with Crippen molar-refractivity contribution in [3.63, 3.8) is 0 Å². The molecular formula is C44H86N2O6. The van der Waals surface area contributed by atoms with Gasteiger partial charge in [-0.25, -0.2) is 0 Å². The summed E-state index contributed by atoms with van der Waals surface area (Å²) >= 11 is 0. The van der Waals surface area contributed by atoms with Crippen molar-refractivity contribution in [3.8, 4) is 0 Å². The Hall–Kier alpha value is -1.67. The molecule has 0 aliphatic heterocycles. The van der Waals surface area contributed by atoms with E-state index in [1.54, 1.807) is 4.90 Å². The van der Waals surface area contributed by atoms with Gasteiger partial charge in [0.05, 0.1) is 32.2 Å². The van der Waals surface area contributed by atoms with Gasteiger partial charge in [0, 0.05) is 32.6 Å². The summed E-state index contributed by atoms with van der Waals surface area (Å²) in [5, 5.41) is 9.27. The predicted molar refractivity (Wildman–Crippen MR) is 217 cm³/mol. The van der Waals surface area contributed by atoms with Gasteiger partial charge >= 0.3 is 11.9 Å². The first-order chi connectivity index (χ1) is 25.3. The molecule has 0 saturated heterocycles. The maximum atomic E-state index is 13.3. The summed E-state index contributed by atoms with van der Waals surface area (Å²) in [5.41, 5.74) is 0. The Balaban J connectivity index is 5.09. The third-order valence-corrected chi connectivity index (χ3v) is 10.5. The highest BCUT2D eigenvalue weighted by Gasteiger charge is 2.21. The maximum Gasteiger partial charge on any atom is 0.308 e. The number of aliphatic hydroxyl groups excluding tert-OH is 1. The molecule has 8 heteroatoms. The number of hydrogen-bond acceptors (Lipinski definition) is 7. The summed E-state index contributed by atoms with van der Waals surface area (Å²) in [6.07, 6.45) is 29.3. The Bertz CT molecular complexity index is 825. The van der Waals surface area contributed by atoms with Crippen molar-refractivity contribution in [2.75, 3.05) is 53.0 Å². The first kappa shape index (κ1) is 50.3. The van der Waals surface area contributed by atoms with E-state index in [4.69, 9.17) is 9.47 Å². The number of esters is 2. The first-order valence-electron chi connectivity index (χ1n) is 22.2. The van der Waals surface area contributed by atoms with Crippen molar-refractivity contribution in [2.45, 2.75) is 201 Å². The van der Waals surface area contributed by atoms with Crippen LogP contribution in [0.2, 0.25) is 0 Å². The summed E-state index contributed by atoms with van der Waals surface area (Å²) in [6.45, 7) is 11.5. The Morgan fingerprint density at radius 3 is 1.54 bits per heavy atom. The van der Waals surface area contributed by atoms with Gasteiger partial charge in [0.2, 0.25) is 5.91 Å². The number of likely N-dealkylation sites (N-methyl/N-ethyl adjacent to an activating group) is 1. The van der Waals surface area contributed by atoms with Crippen LogP contribution in [0.5, 0.6) is 0 Å². The lowest BCUT2D eigenvalue weighted by atomic mass is 9.94. The van der Waals surface area contributed by atoms with Gasteiger partial charge in [-0.2, -0.15) is 0 Å². The average molecular weight is 739 g/mol. The minimum Gasteiger partial charge on any atom is -0.465 e. The summed E-state index contributed by atoms with van der Waals surface area (Å²) in [6, 6.07) is 0. The second kappa shape index (κ2) is 37.6. The van der Waals surface area contributed by atoms with E-state index in [0.717, 1.165) is 44.9 Å². The topological polar surface area (TPSA) is 96.4 Å². The quantitative estimate of drug-likeness (QED) is 0.0495. The van der Waals surface area contributed by atoms with Crippen LogP contribution in [0.4, 0.5) is 0 Å². The van der Waals surface area contributed by atoms with E-state index in [0.29, 0.717) is 51.5 Å². The molecule has 0 aliphatic rings. The van der Waals surface area contributed by atoms with Crippen LogP contribution in [0, 0.1) is 11.8 Å². The third-order valence-electron chi connectivity index (χ3n) is 10.5. The average Bonchev–Trinajstić information content (AvgIpc) is 3.14. The SMILES string of the molecule is CCCCCCCCC(CCCCCC)COC(=O)CCN(CCCOC(=O)C(CCCCCC)CCCCCCCC)C(=O)CCN(C)CCO. The minimum absolute atomic E-state index is 0.0299.